The van der Waals surface area contributed by atoms with Crippen LogP contribution in [0.2, 0.25) is 0 Å². The number of fused-ring (bicyclic) bond motifs is 1. The second kappa shape index (κ2) is 6.84. The molecule has 3 rings (SSSR count). The predicted molar refractivity (Wildman–Crippen MR) is 90.9 cm³/mol. The lowest BCUT2D eigenvalue weighted by Gasteiger charge is -2.31. The zero-order valence-electron chi connectivity index (χ0n) is 13.9. The molecular formula is C17H23N3O2S. The maximum Gasteiger partial charge on any atom is 0.264 e. The maximum absolute atomic E-state index is 12.8. The minimum Gasteiger partial charge on any atom is -0.381 e. The molecule has 0 bridgehead atoms. The molecule has 0 saturated heterocycles. The van der Waals surface area contributed by atoms with Crippen molar-refractivity contribution in [3.63, 3.8) is 0 Å². The largest absolute Gasteiger partial charge is 0.381 e. The van der Waals surface area contributed by atoms with Crippen LogP contribution in [-0.4, -0.2) is 40.3 Å². The van der Waals surface area contributed by atoms with Gasteiger partial charge in [0.1, 0.15) is 0 Å². The standard InChI is InChI=1S/C17H23N3O2S/c1-4-20-10-13-8-19(17(21)15-7-6-12(3)23-15)9-14(11-22-5-2)16(13)18-20/h6-7,10,14H,4-5,8-9,11H2,1-3H3/t14-/m0/s1. The van der Waals surface area contributed by atoms with Crippen molar-refractivity contribution in [2.45, 2.75) is 39.8 Å². The van der Waals surface area contributed by atoms with E-state index in [-0.39, 0.29) is 11.8 Å². The van der Waals surface area contributed by atoms with Crippen LogP contribution in [0.1, 0.15) is 45.6 Å². The molecule has 0 unspecified atom stereocenters. The van der Waals surface area contributed by atoms with E-state index in [4.69, 9.17) is 4.74 Å². The summed E-state index contributed by atoms with van der Waals surface area (Å²) in [7, 11) is 0. The van der Waals surface area contributed by atoms with E-state index in [1.165, 1.54) is 0 Å². The van der Waals surface area contributed by atoms with Crippen LogP contribution in [0.25, 0.3) is 0 Å². The average molecular weight is 333 g/mol. The Morgan fingerprint density at radius 3 is 2.91 bits per heavy atom. The van der Waals surface area contributed by atoms with Gasteiger partial charge in [0.05, 0.1) is 17.2 Å². The second-order valence-electron chi connectivity index (χ2n) is 5.85. The van der Waals surface area contributed by atoms with E-state index >= 15 is 0 Å². The van der Waals surface area contributed by atoms with Gasteiger partial charge in [-0.2, -0.15) is 5.10 Å². The van der Waals surface area contributed by atoms with E-state index in [1.807, 2.05) is 35.6 Å². The van der Waals surface area contributed by atoms with Crippen LogP contribution in [0.4, 0.5) is 0 Å². The third-order valence-corrected chi connectivity index (χ3v) is 5.13. The van der Waals surface area contributed by atoms with E-state index in [0.717, 1.165) is 27.6 Å². The number of ether oxygens (including phenoxy) is 1. The Bertz CT molecular complexity index is 692. The molecule has 1 atom stereocenters. The van der Waals surface area contributed by atoms with E-state index in [9.17, 15) is 4.79 Å². The molecule has 2 aromatic rings. The molecule has 1 aliphatic rings. The van der Waals surface area contributed by atoms with Crippen LogP contribution >= 0.6 is 11.3 Å². The fourth-order valence-corrected chi connectivity index (χ4v) is 3.82. The number of thiophene rings is 1. The molecule has 0 spiro atoms. The van der Waals surface area contributed by atoms with Crippen molar-refractivity contribution in [1.29, 1.82) is 0 Å². The Morgan fingerprint density at radius 1 is 1.43 bits per heavy atom. The molecule has 0 fully saturated rings. The number of hydrogen-bond acceptors (Lipinski definition) is 4. The van der Waals surface area contributed by atoms with Crippen molar-refractivity contribution in [1.82, 2.24) is 14.7 Å². The molecule has 0 saturated carbocycles. The summed E-state index contributed by atoms with van der Waals surface area (Å²) in [5, 5.41) is 4.68. The Hall–Kier alpha value is -1.66. The molecule has 23 heavy (non-hydrogen) atoms. The van der Waals surface area contributed by atoms with Crippen molar-refractivity contribution in [3.8, 4) is 0 Å². The van der Waals surface area contributed by atoms with Crippen molar-refractivity contribution in [3.05, 3.63) is 39.3 Å². The van der Waals surface area contributed by atoms with Gasteiger partial charge >= 0.3 is 0 Å². The van der Waals surface area contributed by atoms with Gasteiger partial charge in [-0.25, -0.2) is 0 Å². The lowest BCUT2D eigenvalue weighted by Crippen LogP contribution is -2.39. The Morgan fingerprint density at radius 2 is 2.26 bits per heavy atom. The highest BCUT2D eigenvalue weighted by molar-refractivity contribution is 7.13. The van der Waals surface area contributed by atoms with Gasteiger partial charge in [-0.05, 0) is 32.9 Å². The Kier molecular flexibility index (Phi) is 4.82. The number of rotatable bonds is 5. The topological polar surface area (TPSA) is 47.4 Å². The Labute approximate surface area is 140 Å². The van der Waals surface area contributed by atoms with Crippen molar-refractivity contribution in [2.24, 2.45) is 0 Å². The molecular weight excluding hydrogens is 310 g/mol. The van der Waals surface area contributed by atoms with Crippen molar-refractivity contribution in [2.75, 3.05) is 19.8 Å². The van der Waals surface area contributed by atoms with E-state index in [1.54, 1.807) is 11.3 Å². The molecule has 2 aromatic heterocycles. The predicted octanol–water partition coefficient (Wildman–Crippen LogP) is 3.05. The summed E-state index contributed by atoms with van der Waals surface area (Å²) in [5.74, 6) is 0.260. The molecule has 1 aliphatic heterocycles. The second-order valence-corrected chi connectivity index (χ2v) is 7.14. The molecule has 1 amide bonds. The minimum atomic E-state index is 0.111. The zero-order chi connectivity index (χ0) is 16.4. The van der Waals surface area contributed by atoms with Gasteiger partial charge in [-0.1, -0.05) is 0 Å². The lowest BCUT2D eigenvalue weighted by atomic mass is 9.97. The summed E-state index contributed by atoms with van der Waals surface area (Å²) in [6, 6.07) is 3.92. The number of carbonyl (C=O) groups is 1. The first-order valence-electron chi connectivity index (χ1n) is 8.12. The van der Waals surface area contributed by atoms with Gasteiger partial charge < -0.3 is 9.64 Å². The molecule has 0 N–H and O–H groups in total. The summed E-state index contributed by atoms with van der Waals surface area (Å²) in [5.41, 5.74) is 2.23. The highest BCUT2D eigenvalue weighted by Crippen LogP contribution is 2.29. The molecule has 3 heterocycles. The van der Waals surface area contributed by atoms with Gasteiger partial charge in [0.15, 0.2) is 0 Å². The summed E-state index contributed by atoms with van der Waals surface area (Å²) < 4.78 is 7.58. The summed E-state index contributed by atoms with van der Waals surface area (Å²) in [4.78, 5) is 16.7. The third-order valence-electron chi connectivity index (χ3n) is 4.14. The van der Waals surface area contributed by atoms with Crippen LogP contribution in [-0.2, 0) is 17.8 Å². The number of nitrogens with zero attached hydrogens (tertiary/aromatic N) is 3. The molecule has 0 radical (unpaired) electrons. The van der Waals surface area contributed by atoms with Crippen LogP contribution in [0.5, 0.6) is 0 Å². The highest BCUT2D eigenvalue weighted by atomic mass is 32.1. The number of carbonyl (C=O) groups excluding carboxylic acids is 1. The first-order chi connectivity index (χ1) is 11.1. The smallest absolute Gasteiger partial charge is 0.264 e. The summed E-state index contributed by atoms with van der Waals surface area (Å²) in [6.45, 7) is 9.53. The average Bonchev–Trinajstić information content (AvgIpc) is 3.17. The van der Waals surface area contributed by atoms with Crippen LogP contribution in [0.3, 0.4) is 0 Å². The highest BCUT2D eigenvalue weighted by Gasteiger charge is 2.31. The normalized spacial score (nSPS) is 17.3. The minimum absolute atomic E-state index is 0.111. The van der Waals surface area contributed by atoms with Crippen molar-refractivity contribution < 1.29 is 9.53 Å². The molecule has 124 valence electrons. The van der Waals surface area contributed by atoms with Crippen LogP contribution < -0.4 is 0 Å². The van der Waals surface area contributed by atoms with Gasteiger partial charge in [0, 0.05) is 48.8 Å². The maximum atomic E-state index is 12.8. The van der Waals surface area contributed by atoms with E-state index in [2.05, 4.69) is 18.2 Å². The lowest BCUT2D eigenvalue weighted by molar-refractivity contribution is 0.0656. The van der Waals surface area contributed by atoms with E-state index in [0.29, 0.717) is 26.3 Å². The quantitative estimate of drug-likeness (QED) is 0.845. The third kappa shape index (κ3) is 3.33. The van der Waals surface area contributed by atoms with Crippen molar-refractivity contribution >= 4 is 17.2 Å². The van der Waals surface area contributed by atoms with Crippen LogP contribution in [0.15, 0.2) is 18.3 Å². The first kappa shape index (κ1) is 16.2. The SMILES string of the molecule is CCOC[C@@H]1CN(C(=O)c2ccc(C)s2)Cc2cn(CC)nc21. The van der Waals surface area contributed by atoms with E-state index < -0.39 is 0 Å². The van der Waals surface area contributed by atoms with Gasteiger partial charge in [0.25, 0.3) is 5.91 Å². The fraction of sp³-hybridized carbons (Fsp3) is 0.529. The molecule has 6 heteroatoms. The summed E-state index contributed by atoms with van der Waals surface area (Å²) in [6.07, 6.45) is 2.06. The van der Waals surface area contributed by atoms with Crippen LogP contribution in [0, 0.1) is 6.92 Å². The fourth-order valence-electron chi connectivity index (χ4n) is 2.98. The first-order valence-corrected chi connectivity index (χ1v) is 8.93. The molecule has 0 aromatic carbocycles. The monoisotopic (exact) mass is 333 g/mol. The van der Waals surface area contributed by atoms with Gasteiger partial charge in [-0.3, -0.25) is 9.48 Å². The number of hydrogen-bond donors (Lipinski definition) is 0. The molecule has 5 nitrogen and oxygen atoms in total. The Balaban J connectivity index is 1.85. The van der Waals surface area contributed by atoms with Gasteiger partial charge in [-0.15, -0.1) is 11.3 Å². The number of aryl methyl sites for hydroxylation is 2. The zero-order valence-corrected chi connectivity index (χ0v) is 14.7. The summed E-state index contributed by atoms with van der Waals surface area (Å²) >= 11 is 1.56. The number of aromatic nitrogens is 2. The number of amides is 1. The van der Waals surface area contributed by atoms with Gasteiger partial charge in [0.2, 0.25) is 0 Å². The molecule has 0 aliphatic carbocycles.